The maximum Gasteiger partial charge on any atom is 0.229 e. The lowest BCUT2D eigenvalue weighted by Crippen LogP contribution is -2.25. The number of hydrogen-bond donors (Lipinski definition) is 4. The molecular formula is C42H57Cl3N10O4. The van der Waals surface area contributed by atoms with Crippen molar-refractivity contribution in [2.75, 3.05) is 100 Å². The van der Waals surface area contributed by atoms with Gasteiger partial charge >= 0.3 is 0 Å². The Labute approximate surface area is 362 Å². The second-order valence-electron chi connectivity index (χ2n) is 14.8. The van der Waals surface area contributed by atoms with Crippen molar-refractivity contribution >= 4 is 63.8 Å². The molecule has 4 aliphatic rings. The Morgan fingerprint density at radius 3 is 1.64 bits per heavy atom. The zero-order valence-electron chi connectivity index (χ0n) is 33.6. The Kier molecular flexibility index (Phi) is 18.5. The second-order valence-corrected chi connectivity index (χ2v) is 15.9. The van der Waals surface area contributed by atoms with Crippen molar-refractivity contribution in [1.29, 1.82) is 0 Å². The summed E-state index contributed by atoms with van der Waals surface area (Å²) in [6.45, 7) is 11.4. The lowest BCUT2D eigenvalue weighted by Gasteiger charge is -2.15. The first-order chi connectivity index (χ1) is 28.9. The van der Waals surface area contributed by atoms with Gasteiger partial charge in [0.05, 0.1) is 24.6 Å². The molecule has 0 saturated carbocycles. The Bertz CT molecular complexity index is 1810. The number of nitrogens with zero attached hydrogens (tertiary/aromatic N) is 6. The lowest BCUT2D eigenvalue weighted by molar-refractivity contribution is 0.120. The Morgan fingerprint density at radius 2 is 1.14 bits per heavy atom. The van der Waals surface area contributed by atoms with Crippen molar-refractivity contribution in [1.82, 2.24) is 29.7 Å². The monoisotopic (exact) mass is 870 g/mol. The molecule has 320 valence electrons. The molecule has 8 rings (SSSR count). The molecule has 59 heavy (non-hydrogen) atoms. The fourth-order valence-corrected chi connectivity index (χ4v) is 7.43. The van der Waals surface area contributed by atoms with Gasteiger partial charge in [0.2, 0.25) is 11.2 Å². The lowest BCUT2D eigenvalue weighted by atomic mass is 10.2. The average molecular weight is 872 g/mol. The first-order valence-corrected chi connectivity index (χ1v) is 21.8. The molecule has 2 atom stereocenters. The molecule has 4 fully saturated rings. The third-order valence-electron chi connectivity index (χ3n) is 10.2. The van der Waals surface area contributed by atoms with Gasteiger partial charge in [-0.2, -0.15) is 9.97 Å². The molecule has 5 N–H and O–H groups in total. The van der Waals surface area contributed by atoms with Crippen LogP contribution in [0.15, 0.2) is 60.9 Å². The maximum absolute atomic E-state index is 6.22. The molecule has 6 heterocycles. The highest BCUT2D eigenvalue weighted by molar-refractivity contribution is 6.33. The number of anilines is 5. The zero-order valence-corrected chi connectivity index (χ0v) is 35.9. The van der Waals surface area contributed by atoms with Crippen molar-refractivity contribution in [2.45, 2.75) is 63.6 Å². The van der Waals surface area contributed by atoms with Gasteiger partial charge < -0.3 is 40.6 Å². The minimum Gasteiger partial charge on any atom is -0.492 e. The van der Waals surface area contributed by atoms with E-state index in [1.54, 1.807) is 6.20 Å². The van der Waals surface area contributed by atoms with E-state index in [0.717, 1.165) is 81.5 Å². The summed E-state index contributed by atoms with van der Waals surface area (Å²) in [5.41, 5.74) is 7.26. The van der Waals surface area contributed by atoms with E-state index in [-0.39, 0.29) is 17.5 Å². The second kappa shape index (κ2) is 24.4. The van der Waals surface area contributed by atoms with Crippen LogP contribution in [-0.2, 0) is 9.47 Å². The Hall–Kier alpha value is -3.89. The van der Waals surface area contributed by atoms with Crippen LogP contribution in [0.1, 0.15) is 51.4 Å². The predicted molar refractivity (Wildman–Crippen MR) is 237 cm³/mol. The van der Waals surface area contributed by atoms with Gasteiger partial charge in [0.1, 0.15) is 40.6 Å². The van der Waals surface area contributed by atoms with Crippen molar-refractivity contribution in [3.05, 3.63) is 76.3 Å². The smallest absolute Gasteiger partial charge is 0.229 e. The molecule has 0 aliphatic carbocycles. The van der Waals surface area contributed by atoms with E-state index in [9.17, 15) is 0 Å². The van der Waals surface area contributed by atoms with E-state index in [0.29, 0.717) is 47.3 Å². The molecule has 4 aliphatic heterocycles. The van der Waals surface area contributed by atoms with Crippen molar-refractivity contribution in [3.63, 3.8) is 0 Å². The number of likely N-dealkylation sites (tertiary alicyclic amines) is 2. The van der Waals surface area contributed by atoms with Crippen LogP contribution in [-0.4, -0.2) is 121 Å². The molecule has 2 aromatic heterocycles. The van der Waals surface area contributed by atoms with Crippen LogP contribution in [0.5, 0.6) is 11.5 Å². The molecule has 17 heteroatoms. The number of ether oxygens (including phenoxy) is 4. The number of nitrogens with two attached hydrogens (primary N) is 1. The molecule has 4 saturated heterocycles. The van der Waals surface area contributed by atoms with Crippen molar-refractivity contribution < 1.29 is 18.9 Å². The maximum atomic E-state index is 6.22. The minimum absolute atomic E-state index is 0.189. The van der Waals surface area contributed by atoms with Crippen molar-refractivity contribution in [3.8, 4) is 11.5 Å². The molecule has 4 aromatic rings. The highest BCUT2D eigenvalue weighted by Gasteiger charge is 2.18. The molecule has 0 bridgehead atoms. The minimum atomic E-state index is 0.189. The number of rotatable bonds is 16. The standard InChI is InChI=1S/C21H28ClN5O2.C12H18N2O.C9H11Cl2N3O/c22-19-15-24-21(26-20(19)23-14-18-4-3-12-28-18)25-16-5-7-17(8-6-16)29-13-11-27-9-1-2-10-27;13-11-3-5-12(6-4-11)15-10-9-14-7-1-2-8-14;10-7-5-13-9(11)14-8(7)12-4-6-2-1-3-15-6/h5-8,15,18H,1-4,9-14H2,(H2,23,24,25,26);3-6H,1-2,7-10,13H2;5-6H,1-4H2,(H,12,13,14). The molecule has 14 nitrogen and oxygen atoms in total. The fourth-order valence-electron chi connectivity index (χ4n) is 6.98. The van der Waals surface area contributed by atoms with E-state index < -0.39 is 0 Å². The number of nitrogen functional groups attached to an aromatic ring is 1. The normalized spacial score (nSPS) is 19.0. The van der Waals surface area contributed by atoms with Gasteiger partial charge in [-0.15, -0.1) is 0 Å². The van der Waals surface area contributed by atoms with Gasteiger partial charge in [-0.25, -0.2) is 9.97 Å². The molecular weight excluding hydrogens is 815 g/mol. The van der Waals surface area contributed by atoms with Gasteiger partial charge in [-0.3, -0.25) is 9.80 Å². The van der Waals surface area contributed by atoms with Gasteiger partial charge in [-0.05, 0) is 138 Å². The predicted octanol–water partition coefficient (Wildman–Crippen LogP) is 8.06. The third kappa shape index (κ3) is 15.9. The Morgan fingerprint density at radius 1 is 0.644 bits per heavy atom. The van der Waals surface area contributed by atoms with E-state index in [2.05, 4.69) is 45.7 Å². The summed E-state index contributed by atoms with van der Waals surface area (Å²) < 4.78 is 22.6. The summed E-state index contributed by atoms with van der Waals surface area (Å²) in [6.07, 6.45) is 13.2. The van der Waals surface area contributed by atoms with Crippen LogP contribution in [0.25, 0.3) is 0 Å². The van der Waals surface area contributed by atoms with Crippen LogP contribution >= 0.6 is 34.8 Å². The average Bonchev–Trinajstić information content (AvgIpc) is 4.11. The Balaban J connectivity index is 0.000000164. The van der Waals surface area contributed by atoms with E-state index in [1.165, 1.54) is 58.1 Å². The number of benzene rings is 2. The van der Waals surface area contributed by atoms with Gasteiger partial charge in [-0.1, -0.05) is 23.2 Å². The number of hydrogen-bond acceptors (Lipinski definition) is 14. The molecule has 0 spiro atoms. The third-order valence-corrected chi connectivity index (χ3v) is 11.0. The van der Waals surface area contributed by atoms with E-state index in [4.69, 9.17) is 59.5 Å². The SMILES string of the molecule is Clc1cnc(Nc2ccc(OCCN3CCCC3)cc2)nc1NCC1CCCO1.Clc1ncc(Cl)c(NCC2CCCO2)n1.Nc1ccc(OCCN2CCCC2)cc1. The van der Waals surface area contributed by atoms with Gasteiger partial charge in [0, 0.05) is 50.8 Å². The topological polar surface area (TPSA) is 157 Å². The summed E-state index contributed by atoms with van der Waals surface area (Å²) in [5.74, 6) is 3.44. The molecule has 0 radical (unpaired) electrons. The largest absolute Gasteiger partial charge is 0.492 e. The fraction of sp³-hybridized carbons (Fsp3) is 0.524. The summed E-state index contributed by atoms with van der Waals surface area (Å²) in [7, 11) is 0. The molecule has 2 unspecified atom stereocenters. The van der Waals surface area contributed by atoms with Gasteiger partial charge in [0.25, 0.3) is 0 Å². The highest BCUT2D eigenvalue weighted by atomic mass is 35.5. The zero-order chi connectivity index (χ0) is 41.1. The van der Waals surface area contributed by atoms with E-state index >= 15 is 0 Å². The van der Waals surface area contributed by atoms with Crippen LogP contribution in [0, 0.1) is 0 Å². The summed E-state index contributed by atoms with van der Waals surface area (Å²) in [4.78, 5) is 21.4. The number of halogens is 3. The number of nitrogens with one attached hydrogen (secondary N) is 3. The van der Waals surface area contributed by atoms with Crippen LogP contribution in [0.4, 0.5) is 29.0 Å². The summed E-state index contributed by atoms with van der Waals surface area (Å²) >= 11 is 17.8. The first kappa shape index (κ1) is 44.7. The van der Waals surface area contributed by atoms with Crippen LogP contribution in [0.2, 0.25) is 15.3 Å². The van der Waals surface area contributed by atoms with Crippen molar-refractivity contribution in [2.24, 2.45) is 0 Å². The van der Waals surface area contributed by atoms with Crippen LogP contribution < -0.4 is 31.2 Å². The van der Waals surface area contributed by atoms with Gasteiger partial charge in [0.15, 0.2) is 5.82 Å². The molecule has 2 aromatic carbocycles. The first-order valence-electron chi connectivity index (χ1n) is 20.7. The summed E-state index contributed by atoms with van der Waals surface area (Å²) in [5, 5.41) is 10.7. The van der Waals surface area contributed by atoms with E-state index in [1.807, 2.05) is 48.5 Å². The van der Waals surface area contributed by atoms with Crippen LogP contribution in [0.3, 0.4) is 0 Å². The summed E-state index contributed by atoms with van der Waals surface area (Å²) in [6, 6.07) is 15.4. The molecule has 0 amide bonds. The highest BCUT2D eigenvalue weighted by Crippen LogP contribution is 2.24. The quantitative estimate of drug-likeness (QED) is 0.0633. The number of aromatic nitrogens is 4.